The van der Waals surface area contributed by atoms with E-state index in [9.17, 15) is 9.59 Å². The fourth-order valence-electron chi connectivity index (χ4n) is 2.27. The maximum atomic E-state index is 12.2. The number of rotatable bonds is 2. The van der Waals surface area contributed by atoms with Crippen molar-refractivity contribution in [1.29, 1.82) is 0 Å². The third kappa shape index (κ3) is 1.80. The summed E-state index contributed by atoms with van der Waals surface area (Å²) in [7, 11) is 1.55. The van der Waals surface area contributed by atoms with Crippen LogP contribution in [0.5, 0.6) is 5.75 Å². The van der Waals surface area contributed by atoms with Crippen molar-refractivity contribution in [3.8, 4) is 16.9 Å². The fourth-order valence-corrected chi connectivity index (χ4v) is 2.27. The predicted molar refractivity (Wildman–Crippen MR) is 76.3 cm³/mol. The summed E-state index contributed by atoms with van der Waals surface area (Å²) in [6.45, 7) is 0. The van der Waals surface area contributed by atoms with Gasteiger partial charge in [-0.2, -0.15) is 0 Å². The second-order valence-corrected chi connectivity index (χ2v) is 4.29. The van der Waals surface area contributed by atoms with E-state index >= 15 is 0 Å². The molecular formula is C15H12N2O3. The number of para-hydroxylation sites is 1. The van der Waals surface area contributed by atoms with Crippen LogP contribution in [0.25, 0.3) is 16.6 Å². The summed E-state index contributed by atoms with van der Waals surface area (Å²) in [4.78, 5) is 26.3. The molecule has 20 heavy (non-hydrogen) atoms. The van der Waals surface area contributed by atoms with Crippen molar-refractivity contribution in [1.82, 2.24) is 9.38 Å². The first-order valence-corrected chi connectivity index (χ1v) is 6.09. The Morgan fingerprint density at radius 3 is 2.60 bits per heavy atom. The molecule has 0 saturated carbocycles. The van der Waals surface area contributed by atoms with Crippen LogP contribution in [0.15, 0.2) is 58.3 Å². The zero-order valence-corrected chi connectivity index (χ0v) is 10.8. The van der Waals surface area contributed by atoms with Crippen LogP contribution in [0.3, 0.4) is 0 Å². The van der Waals surface area contributed by atoms with E-state index in [1.54, 1.807) is 43.6 Å². The summed E-state index contributed by atoms with van der Waals surface area (Å²) in [5.74, 6) is 0.586. The minimum atomic E-state index is -0.454. The molecule has 0 unspecified atom stereocenters. The van der Waals surface area contributed by atoms with Gasteiger partial charge in [-0.3, -0.25) is 14.2 Å². The summed E-state index contributed by atoms with van der Waals surface area (Å²) in [5.41, 5.74) is 0.739. The van der Waals surface area contributed by atoms with Gasteiger partial charge in [-0.15, -0.1) is 0 Å². The van der Waals surface area contributed by atoms with Gasteiger partial charge in [-0.1, -0.05) is 24.3 Å². The lowest BCUT2D eigenvalue weighted by molar-refractivity contribution is 0.416. The van der Waals surface area contributed by atoms with Crippen molar-refractivity contribution < 1.29 is 4.74 Å². The number of benzene rings is 1. The Morgan fingerprint density at radius 1 is 1.05 bits per heavy atom. The number of nitrogens with zero attached hydrogens (tertiary/aromatic N) is 1. The highest BCUT2D eigenvalue weighted by atomic mass is 16.5. The summed E-state index contributed by atoms with van der Waals surface area (Å²) in [6, 6.07) is 12.5. The molecule has 0 aliphatic rings. The smallest absolute Gasteiger partial charge is 0.332 e. The molecule has 0 saturated heterocycles. The summed E-state index contributed by atoms with van der Waals surface area (Å²) >= 11 is 0. The van der Waals surface area contributed by atoms with Crippen LogP contribution in [0.1, 0.15) is 0 Å². The van der Waals surface area contributed by atoms with E-state index < -0.39 is 11.2 Å². The van der Waals surface area contributed by atoms with Crippen LogP contribution < -0.4 is 16.0 Å². The minimum Gasteiger partial charge on any atom is -0.496 e. The molecule has 2 heterocycles. The lowest BCUT2D eigenvalue weighted by Gasteiger charge is -2.10. The number of nitrogens with one attached hydrogen (secondary N) is 1. The zero-order chi connectivity index (χ0) is 14.1. The van der Waals surface area contributed by atoms with Crippen LogP contribution >= 0.6 is 0 Å². The SMILES string of the molecule is COc1ccccc1-c1c(=O)[nH]c(=O)n2ccccc12. The molecule has 0 atom stereocenters. The number of methoxy groups -OCH3 is 1. The van der Waals surface area contributed by atoms with E-state index in [0.717, 1.165) is 0 Å². The first kappa shape index (κ1) is 12.2. The second kappa shape index (κ2) is 4.70. The Labute approximate surface area is 114 Å². The first-order valence-electron chi connectivity index (χ1n) is 6.09. The van der Waals surface area contributed by atoms with Gasteiger partial charge in [0.05, 0.1) is 18.2 Å². The first-order chi connectivity index (χ1) is 9.72. The molecule has 0 fully saturated rings. The summed E-state index contributed by atoms with van der Waals surface area (Å²) in [5, 5.41) is 0. The van der Waals surface area contributed by atoms with E-state index in [1.807, 2.05) is 12.1 Å². The molecule has 0 bridgehead atoms. The van der Waals surface area contributed by atoms with Gasteiger partial charge < -0.3 is 4.74 Å². The fraction of sp³-hybridized carbons (Fsp3) is 0.0667. The third-order valence-corrected chi connectivity index (χ3v) is 3.16. The molecule has 1 aromatic carbocycles. The van der Waals surface area contributed by atoms with Crippen molar-refractivity contribution in [2.75, 3.05) is 7.11 Å². The second-order valence-electron chi connectivity index (χ2n) is 4.29. The van der Waals surface area contributed by atoms with E-state index in [2.05, 4.69) is 4.98 Å². The molecular weight excluding hydrogens is 256 g/mol. The van der Waals surface area contributed by atoms with Crippen LogP contribution in [-0.4, -0.2) is 16.5 Å². The molecule has 1 N–H and O–H groups in total. The lowest BCUT2D eigenvalue weighted by Crippen LogP contribution is -2.27. The van der Waals surface area contributed by atoms with Gasteiger partial charge in [0.15, 0.2) is 0 Å². The van der Waals surface area contributed by atoms with Gasteiger partial charge in [0.25, 0.3) is 5.56 Å². The molecule has 0 radical (unpaired) electrons. The third-order valence-electron chi connectivity index (χ3n) is 3.16. The van der Waals surface area contributed by atoms with Crippen LogP contribution in [0, 0.1) is 0 Å². The molecule has 0 amide bonds. The molecule has 3 rings (SSSR count). The predicted octanol–water partition coefficient (Wildman–Crippen LogP) is 1.66. The molecule has 2 aromatic heterocycles. The number of hydrogen-bond donors (Lipinski definition) is 1. The van der Waals surface area contributed by atoms with Crippen molar-refractivity contribution in [2.24, 2.45) is 0 Å². The molecule has 3 aromatic rings. The van der Waals surface area contributed by atoms with Crippen LogP contribution in [0.2, 0.25) is 0 Å². The Bertz CT molecular complexity index is 893. The van der Waals surface area contributed by atoms with Crippen molar-refractivity contribution >= 4 is 5.52 Å². The normalized spacial score (nSPS) is 10.7. The van der Waals surface area contributed by atoms with Gasteiger partial charge in [0.2, 0.25) is 0 Å². The highest BCUT2D eigenvalue weighted by molar-refractivity contribution is 5.82. The summed E-state index contributed by atoms with van der Waals surface area (Å²) < 4.78 is 6.70. The van der Waals surface area contributed by atoms with E-state index in [0.29, 0.717) is 22.4 Å². The topological polar surface area (TPSA) is 63.6 Å². The number of aromatic amines is 1. The highest BCUT2D eigenvalue weighted by Gasteiger charge is 2.14. The van der Waals surface area contributed by atoms with Gasteiger partial charge in [0.1, 0.15) is 5.75 Å². The van der Waals surface area contributed by atoms with Gasteiger partial charge in [-0.25, -0.2) is 4.79 Å². The largest absolute Gasteiger partial charge is 0.496 e. The number of hydrogen-bond acceptors (Lipinski definition) is 3. The minimum absolute atomic E-state index is 0.419. The molecule has 0 aliphatic heterocycles. The number of H-pyrrole nitrogens is 1. The van der Waals surface area contributed by atoms with E-state index in [1.165, 1.54) is 4.40 Å². The van der Waals surface area contributed by atoms with Crippen molar-refractivity contribution in [3.05, 3.63) is 69.5 Å². The molecule has 0 spiro atoms. The maximum absolute atomic E-state index is 12.2. The average molecular weight is 268 g/mol. The van der Waals surface area contributed by atoms with Crippen LogP contribution in [-0.2, 0) is 0 Å². The number of ether oxygens (including phenoxy) is 1. The maximum Gasteiger partial charge on any atom is 0.332 e. The lowest BCUT2D eigenvalue weighted by atomic mass is 10.1. The highest BCUT2D eigenvalue weighted by Crippen LogP contribution is 2.29. The number of aromatic nitrogens is 2. The monoisotopic (exact) mass is 268 g/mol. The van der Waals surface area contributed by atoms with Crippen molar-refractivity contribution in [2.45, 2.75) is 0 Å². The average Bonchev–Trinajstić information content (AvgIpc) is 2.48. The van der Waals surface area contributed by atoms with Crippen LogP contribution in [0.4, 0.5) is 0 Å². The molecule has 5 nitrogen and oxygen atoms in total. The number of pyridine rings is 1. The summed E-state index contributed by atoms with van der Waals surface area (Å²) in [6.07, 6.45) is 1.62. The van der Waals surface area contributed by atoms with E-state index in [-0.39, 0.29) is 0 Å². The Morgan fingerprint density at radius 2 is 1.80 bits per heavy atom. The molecule has 0 aliphatic carbocycles. The standard InChI is InChI=1S/C15H12N2O3/c1-20-12-8-3-2-6-10(12)13-11-7-4-5-9-17(11)15(19)16-14(13)18/h2-9H,1H3,(H,16,18,19). The van der Waals surface area contributed by atoms with Gasteiger partial charge in [-0.05, 0) is 18.2 Å². The van der Waals surface area contributed by atoms with Gasteiger partial charge >= 0.3 is 5.69 Å². The van der Waals surface area contributed by atoms with Gasteiger partial charge in [0, 0.05) is 11.8 Å². The zero-order valence-electron chi connectivity index (χ0n) is 10.8. The Hall–Kier alpha value is -2.82. The molecule has 100 valence electrons. The number of fused-ring (bicyclic) bond motifs is 1. The molecule has 5 heteroatoms. The Kier molecular flexibility index (Phi) is 2.87. The van der Waals surface area contributed by atoms with Crippen molar-refractivity contribution in [3.63, 3.8) is 0 Å². The Balaban J connectivity index is 2.49. The van der Waals surface area contributed by atoms with E-state index in [4.69, 9.17) is 4.74 Å². The quantitative estimate of drug-likeness (QED) is 0.769.